The molecule has 8 heteroatoms. The molecule has 3 heterocycles. The SMILES string of the molecule is COc1ncc(-c2nccnc2NCc2cccnc2)c(OC)n1. The van der Waals surface area contributed by atoms with E-state index in [4.69, 9.17) is 9.47 Å². The maximum absolute atomic E-state index is 5.32. The number of methoxy groups -OCH3 is 2. The summed E-state index contributed by atoms with van der Waals surface area (Å²) in [6.07, 6.45) is 8.35. The van der Waals surface area contributed by atoms with E-state index >= 15 is 0 Å². The molecule has 122 valence electrons. The van der Waals surface area contributed by atoms with E-state index in [0.29, 0.717) is 29.5 Å². The van der Waals surface area contributed by atoms with Crippen LogP contribution in [0.3, 0.4) is 0 Å². The predicted octanol–water partition coefficient (Wildman–Crippen LogP) is 1.96. The molecule has 3 aromatic heterocycles. The van der Waals surface area contributed by atoms with Crippen molar-refractivity contribution in [3.63, 3.8) is 0 Å². The summed E-state index contributed by atoms with van der Waals surface area (Å²) < 4.78 is 10.3. The van der Waals surface area contributed by atoms with Crippen molar-refractivity contribution >= 4 is 5.82 Å². The van der Waals surface area contributed by atoms with Crippen LogP contribution in [0.2, 0.25) is 0 Å². The van der Waals surface area contributed by atoms with Crippen LogP contribution in [0.4, 0.5) is 5.82 Å². The first-order chi connectivity index (χ1) is 11.8. The highest BCUT2D eigenvalue weighted by atomic mass is 16.5. The maximum atomic E-state index is 5.32. The van der Waals surface area contributed by atoms with Crippen molar-refractivity contribution in [3.05, 3.63) is 48.7 Å². The van der Waals surface area contributed by atoms with Gasteiger partial charge < -0.3 is 14.8 Å². The Kier molecular flexibility index (Phi) is 4.76. The first-order valence-corrected chi connectivity index (χ1v) is 7.21. The number of nitrogens with one attached hydrogen (secondary N) is 1. The third kappa shape index (κ3) is 3.37. The molecule has 0 fully saturated rings. The lowest BCUT2D eigenvalue weighted by atomic mass is 10.2. The summed E-state index contributed by atoms with van der Waals surface area (Å²) >= 11 is 0. The lowest BCUT2D eigenvalue weighted by Gasteiger charge is -2.12. The summed E-state index contributed by atoms with van der Waals surface area (Å²) in [4.78, 5) is 21.1. The second-order valence-electron chi connectivity index (χ2n) is 4.75. The minimum atomic E-state index is 0.226. The fraction of sp³-hybridized carbons (Fsp3) is 0.188. The third-order valence-electron chi connectivity index (χ3n) is 3.24. The Morgan fingerprint density at radius 3 is 2.62 bits per heavy atom. The smallest absolute Gasteiger partial charge is 0.319 e. The van der Waals surface area contributed by atoms with E-state index in [-0.39, 0.29) is 6.01 Å². The van der Waals surface area contributed by atoms with Gasteiger partial charge in [-0.25, -0.2) is 9.97 Å². The van der Waals surface area contributed by atoms with Crippen LogP contribution in [-0.2, 0) is 6.54 Å². The van der Waals surface area contributed by atoms with Crippen LogP contribution in [0.25, 0.3) is 11.3 Å². The van der Waals surface area contributed by atoms with Crippen molar-refractivity contribution in [3.8, 4) is 23.1 Å². The van der Waals surface area contributed by atoms with E-state index in [0.717, 1.165) is 5.56 Å². The van der Waals surface area contributed by atoms with Crippen molar-refractivity contribution in [1.82, 2.24) is 24.9 Å². The van der Waals surface area contributed by atoms with E-state index in [9.17, 15) is 0 Å². The Bertz CT molecular complexity index is 813. The van der Waals surface area contributed by atoms with Gasteiger partial charge in [0, 0.05) is 37.5 Å². The minimum Gasteiger partial charge on any atom is -0.480 e. The second-order valence-corrected chi connectivity index (χ2v) is 4.75. The van der Waals surface area contributed by atoms with Crippen LogP contribution >= 0.6 is 0 Å². The predicted molar refractivity (Wildman–Crippen MR) is 87.7 cm³/mol. The summed E-state index contributed by atoms with van der Waals surface area (Å²) in [6, 6.07) is 4.09. The van der Waals surface area contributed by atoms with Crippen molar-refractivity contribution in [2.24, 2.45) is 0 Å². The minimum absolute atomic E-state index is 0.226. The average Bonchev–Trinajstić information content (AvgIpc) is 2.67. The van der Waals surface area contributed by atoms with E-state index in [1.54, 1.807) is 31.0 Å². The van der Waals surface area contributed by atoms with E-state index in [1.165, 1.54) is 14.2 Å². The number of anilines is 1. The van der Waals surface area contributed by atoms with Crippen molar-refractivity contribution in [1.29, 1.82) is 0 Å². The van der Waals surface area contributed by atoms with Crippen LogP contribution < -0.4 is 14.8 Å². The number of hydrogen-bond acceptors (Lipinski definition) is 8. The molecule has 24 heavy (non-hydrogen) atoms. The van der Waals surface area contributed by atoms with Crippen LogP contribution in [0.5, 0.6) is 11.9 Å². The summed E-state index contributed by atoms with van der Waals surface area (Å²) in [5.74, 6) is 0.972. The molecule has 0 amide bonds. The van der Waals surface area contributed by atoms with Crippen LogP contribution in [0, 0.1) is 0 Å². The molecule has 0 spiro atoms. The normalized spacial score (nSPS) is 10.2. The first-order valence-electron chi connectivity index (χ1n) is 7.21. The molecule has 3 aromatic rings. The van der Waals surface area contributed by atoms with Gasteiger partial charge in [-0.15, -0.1) is 0 Å². The molecule has 3 rings (SSSR count). The van der Waals surface area contributed by atoms with Crippen LogP contribution in [-0.4, -0.2) is 39.1 Å². The Morgan fingerprint density at radius 1 is 1.00 bits per heavy atom. The summed E-state index contributed by atoms with van der Waals surface area (Å²) in [7, 11) is 3.03. The van der Waals surface area contributed by atoms with Gasteiger partial charge in [-0.3, -0.25) is 9.97 Å². The number of ether oxygens (including phenoxy) is 2. The Labute approximate surface area is 139 Å². The Balaban J connectivity index is 1.92. The van der Waals surface area contributed by atoms with Crippen molar-refractivity contribution in [2.45, 2.75) is 6.54 Å². The first kappa shape index (κ1) is 15.6. The Morgan fingerprint density at radius 2 is 1.88 bits per heavy atom. The van der Waals surface area contributed by atoms with Gasteiger partial charge >= 0.3 is 6.01 Å². The number of aromatic nitrogens is 5. The zero-order chi connectivity index (χ0) is 16.8. The van der Waals surface area contributed by atoms with Crippen LogP contribution in [0.15, 0.2) is 43.1 Å². The standard InChI is InChI=1S/C16H16N6O2/c1-23-15-12(10-21-16(22-15)24-2)13-14(19-7-6-18-13)20-9-11-4-3-5-17-8-11/h3-8,10H,9H2,1-2H3,(H,19,20). The Hall–Kier alpha value is -3.29. The van der Waals surface area contributed by atoms with E-state index in [2.05, 4.69) is 30.2 Å². The van der Waals surface area contributed by atoms with Gasteiger partial charge in [0.25, 0.3) is 0 Å². The molecule has 0 aliphatic rings. The van der Waals surface area contributed by atoms with Gasteiger partial charge in [-0.1, -0.05) is 6.07 Å². The molecule has 0 atom stereocenters. The lowest BCUT2D eigenvalue weighted by Crippen LogP contribution is -2.05. The average molecular weight is 324 g/mol. The van der Waals surface area contributed by atoms with Crippen molar-refractivity contribution < 1.29 is 9.47 Å². The van der Waals surface area contributed by atoms with Gasteiger partial charge in [-0.2, -0.15) is 4.98 Å². The lowest BCUT2D eigenvalue weighted by molar-refractivity contribution is 0.353. The number of rotatable bonds is 6. The second kappa shape index (κ2) is 7.32. The van der Waals surface area contributed by atoms with Gasteiger partial charge in [0.05, 0.1) is 19.8 Å². The van der Waals surface area contributed by atoms with Gasteiger partial charge in [-0.05, 0) is 11.6 Å². The molecular formula is C16H16N6O2. The highest BCUT2D eigenvalue weighted by Crippen LogP contribution is 2.31. The maximum Gasteiger partial charge on any atom is 0.319 e. The van der Waals surface area contributed by atoms with Crippen LogP contribution in [0.1, 0.15) is 5.56 Å². The molecule has 0 radical (unpaired) electrons. The molecule has 0 unspecified atom stereocenters. The summed E-state index contributed by atoms with van der Waals surface area (Å²) in [5, 5.41) is 3.25. The molecule has 0 aliphatic carbocycles. The molecule has 0 aliphatic heterocycles. The topological polar surface area (TPSA) is 94.9 Å². The van der Waals surface area contributed by atoms with Gasteiger partial charge in [0.1, 0.15) is 5.69 Å². The summed E-state index contributed by atoms with van der Waals surface area (Å²) in [5.41, 5.74) is 2.26. The summed E-state index contributed by atoms with van der Waals surface area (Å²) in [6.45, 7) is 0.568. The molecule has 0 saturated carbocycles. The number of pyridine rings is 1. The van der Waals surface area contributed by atoms with Gasteiger partial charge in [0.15, 0.2) is 5.82 Å². The zero-order valence-corrected chi connectivity index (χ0v) is 13.3. The quantitative estimate of drug-likeness (QED) is 0.735. The number of hydrogen-bond donors (Lipinski definition) is 1. The highest BCUT2D eigenvalue weighted by Gasteiger charge is 2.16. The van der Waals surface area contributed by atoms with Crippen molar-refractivity contribution in [2.75, 3.05) is 19.5 Å². The van der Waals surface area contributed by atoms with E-state index in [1.807, 2.05) is 12.1 Å². The third-order valence-corrected chi connectivity index (χ3v) is 3.24. The molecule has 8 nitrogen and oxygen atoms in total. The molecule has 1 N–H and O–H groups in total. The molecule has 0 saturated heterocycles. The fourth-order valence-electron chi connectivity index (χ4n) is 2.12. The monoisotopic (exact) mass is 324 g/mol. The highest BCUT2D eigenvalue weighted by molar-refractivity contribution is 5.74. The van der Waals surface area contributed by atoms with Gasteiger partial charge in [0.2, 0.25) is 5.88 Å². The largest absolute Gasteiger partial charge is 0.480 e. The molecule has 0 aromatic carbocycles. The number of nitrogens with zero attached hydrogens (tertiary/aromatic N) is 5. The molecular weight excluding hydrogens is 308 g/mol. The molecule has 0 bridgehead atoms. The fourth-order valence-corrected chi connectivity index (χ4v) is 2.12. The van der Waals surface area contributed by atoms with E-state index < -0.39 is 0 Å². The zero-order valence-electron chi connectivity index (χ0n) is 13.3.